The molecule has 0 radical (unpaired) electrons. The molecule has 3 heterocycles. The molecule has 0 unspecified atom stereocenters. The lowest BCUT2D eigenvalue weighted by atomic mass is 10.1. The van der Waals surface area contributed by atoms with Crippen LogP contribution in [0.5, 0.6) is 5.75 Å². The van der Waals surface area contributed by atoms with Crippen molar-refractivity contribution in [1.82, 2.24) is 35.2 Å². The van der Waals surface area contributed by atoms with Gasteiger partial charge in [-0.05, 0) is 36.2 Å². The molecule has 9 nitrogen and oxygen atoms in total. The van der Waals surface area contributed by atoms with Gasteiger partial charge in [-0.3, -0.25) is 4.79 Å². The molecule has 168 valence electrons. The number of H-pyrrole nitrogens is 3. The molecule has 0 saturated carbocycles. The lowest BCUT2D eigenvalue weighted by Crippen LogP contribution is -2.17. The van der Waals surface area contributed by atoms with Crippen molar-refractivity contribution < 1.29 is 4.74 Å². The largest absolute Gasteiger partial charge is 0.493 e. The van der Waals surface area contributed by atoms with E-state index in [1.54, 1.807) is 18.7 Å². The number of rotatable bonds is 9. The number of hydrogen-bond acceptors (Lipinski definition) is 6. The minimum absolute atomic E-state index is 0.198. The number of aromatic nitrogens is 6. The van der Waals surface area contributed by atoms with E-state index in [9.17, 15) is 4.79 Å². The van der Waals surface area contributed by atoms with Crippen molar-refractivity contribution in [2.75, 3.05) is 13.2 Å². The summed E-state index contributed by atoms with van der Waals surface area (Å²) in [6.45, 7) is 4.14. The molecule has 0 spiro atoms. The van der Waals surface area contributed by atoms with E-state index < -0.39 is 0 Å². The maximum atomic E-state index is 12.9. The zero-order valence-corrected chi connectivity index (χ0v) is 18.3. The van der Waals surface area contributed by atoms with Crippen LogP contribution in [0.2, 0.25) is 0 Å². The summed E-state index contributed by atoms with van der Waals surface area (Å²) in [7, 11) is 0. The van der Waals surface area contributed by atoms with E-state index in [0.29, 0.717) is 35.6 Å². The zero-order chi connectivity index (χ0) is 22.6. The smallest absolute Gasteiger partial charge is 0.259 e. The summed E-state index contributed by atoms with van der Waals surface area (Å²) in [4.78, 5) is 35.0. The van der Waals surface area contributed by atoms with Crippen molar-refractivity contribution in [1.29, 1.82) is 0 Å². The molecule has 0 amide bonds. The molecule has 0 atom stereocenters. The average molecular weight is 444 g/mol. The average Bonchev–Trinajstić information content (AvgIpc) is 3.51. The number of nitrogens with one attached hydrogen (secondary N) is 4. The van der Waals surface area contributed by atoms with Gasteiger partial charge in [-0.25, -0.2) is 15.0 Å². The fourth-order valence-electron chi connectivity index (χ4n) is 3.78. The first-order valence-corrected chi connectivity index (χ1v) is 11.0. The Balaban J connectivity index is 1.46. The van der Waals surface area contributed by atoms with Gasteiger partial charge >= 0.3 is 0 Å². The van der Waals surface area contributed by atoms with Crippen LogP contribution in [0, 0.1) is 0 Å². The number of nitrogens with zero attached hydrogens (tertiary/aromatic N) is 3. The lowest BCUT2D eigenvalue weighted by molar-refractivity contribution is 0.318. The number of ether oxygens (including phenoxy) is 1. The summed E-state index contributed by atoms with van der Waals surface area (Å²) in [5, 5.41) is 3.96. The summed E-state index contributed by atoms with van der Waals surface area (Å²) in [6.07, 6.45) is 6.88. The van der Waals surface area contributed by atoms with E-state index in [4.69, 9.17) is 9.72 Å². The molecule has 0 bridgehead atoms. The summed E-state index contributed by atoms with van der Waals surface area (Å²) in [6, 6.07) is 9.60. The van der Waals surface area contributed by atoms with Gasteiger partial charge in [-0.2, -0.15) is 0 Å². The van der Waals surface area contributed by atoms with E-state index in [1.807, 2.05) is 30.5 Å². The highest BCUT2D eigenvalue weighted by Crippen LogP contribution is 2.30. The highest BCUT2D eigenvalue weighted by atomic mass is 16.5. The number of benzene rings is 2. The van der Waals surface area contributed by atoms with Gasteiger partial charge in [-0.1, -0.05) is 13.0 Å². The monoisotopic (exact) mass is 443 g/mol. The van der Waals surface area contributed by atoms with E-state index in [1.165, 1.54) is 0 Å². The Hall–Kier alpha value is -3.98. The molecule has 0 fully saturated rings. The molecule has 3 aromatic heterocycles. The summed E-state index contributed by atoms with van der Waals surface area (Å²) in [5.74, 6) is 1.18. The van der Waals surface area contributed by atoms with Crippen LogP contribution in [0.25, 0.3) is 33.3 Å². The standard InChI is InChI=1S/C24H25N7O2/c1-2-7-33-22-4-3-15(11-25-6-5-16-12-26-13-27-16)8-18(22)23-30-19-10-21-20(28-14-29-21)9-17(19)24(32)31-23/h3-4,8-10,12-14,25H,2,5-7,11H2,1H3,(H,26,27)(H,28,29)(H,30,31,32). The SMILES string of the molecule is CCCOc1ccc(CNCCc2cnc[nH]2)cc1-c1nc2cc3nc[nH]c3cc2c(=O)[nH]1. The van der Waals surface area contributed by atoms with Crippen LogP contribution in [0.15, 0.2) is 54.0 Å². The molecular formula is C24H25N7O2. The van der Waals surface area contributed by atoms with Crippen LogP contribution in [-0.4, -0.2) is 43.1 Å². The Kier molecular flexibility index (Phi) is 5.86. The van der Waals surface area contributed by atoms with E-state index in [-0.39, 0.29) is 5.56 Å². The molecule has 0 aliphatic carbocycles. The van der Waals surface area contributed by atoms with Crippen molar-refractivity contribution >= 4 is 21.9 Å². The van der Waals surface area contributed by atoms with Crippen LogP contribution in [0.3, 0.4) is 0 Å². The maximum absolute atomic E-state index is 12.9. The third-order valence-corrected chi connectivity index (χ3v) is 5.46. The molecule has 5 rings (SSSR count). The third kappa shape index (κ3) is 4.49. The molecule has 0 aliphatic rings. The second-order valence-electron chi connectivity index (χ2n) is 7.89. The van der Waals surface area contributed by atoms with E-state index in [2.05, 4.69) is 37.2 Å². The lowest BCUT2D eigenvalue weighted by Gasteiger charge is -2.13. The molecule has 0 aliphatic heterocycles. The molecule has 9 heteroatoms. The van der Waals surface area contributed by atoms with Crippen LogP contribution < -0.4 is 15.6 Å². The van der Waals surface area contributed by atoms with E-state index in [0.717, 1.165) is 47.2 Å². The zero-order valence-electron chi connectivity index (χ0n) is 18.3. The maximum Gasteiger partial charge on any atom is 0.259 e. The predicted molar refractivity (Wildman–Crippen MR) is 127 cm³/mol. The van der Waals surface area contributed by atoms with Crippen molar-refractivity contribution in [3.63, 3.8) is 0 Å². The fourth-order valence-corrected chi connectivity index (χ4v) is 3.78. The summed E-state index contributed by atoms with van der Waals surface area (Å²) in [5.41, 5.74) is 4.90. The van der Waals surface area contributed by atoms with Gasteiger partial charge in [0.05, 0.1) is 46.8 Å². The van der Waals surface area contributed by atoms with E-state index >= 15 is 0 Å². The minimum Gasteiger partial charge on any atom is -0.493 e. The molecule has 5 aromatic rings. The van der Waals surface area contributed by atoms with Crippen LogP contribution in [0.4, 0.5) is 0 Å². The Labute approximate surface area is 189 Å². The summed E-state index contributed by atoms with van der Waals surface area (Å²) < 4.78 is 5.97. The number of imidazole rings is 2. The highest BCUT2D eigenvalue weighted by molar-refractivity contribution is 5.93. The van der Waals surface area contributed by atoms with Gasteiger partial charge in [0.25, 0.3) is 5.56 Å². The van der Waals surface area contributed by atoms with Crippen molar-refractivity contribution in [2.45, 2.75) is 26.3 Å². The van der Waals surface area contributed by atoms with Crippen LogP contribution in [0.1, 0.15) is 24.6 Å². The molecule has 0 saturated heterocycles. The highest BCUT2D eigenvalue weighted by Gasteiger charge is 2.14. The van der Waals surface area contributed by atoms with Crippen molar-refractivity contribution in [2.24, 2.45) is 0 Å². The van der Waals surface area contributed by atoms with Gasteiger partial charge in [0, 0.05) is 31.4 Å². The summed E-state index contributed by atoms with van der Waals surface area (Å²) >= 11 is 0. The quantitative estimate of drug-likeness (QED) is 0.259. The van der Waals surface area contributed by atoms with Gasteiger partial charge in [0.15, 0.2) is 0 Å². The first kappa shape index (κ1) is 20.9. The Morgan fingerprint density at radius 2 is 2.03 bits per heavy atom. The second kappa shape index (κ2) is 9.25. The van der Waals surface area contributed by atoms with Gasteiger partial charge in [0.1, 0.15) is 11.6 Å². The minimum atomic E-state index is -0.198. The molecule has 2 aromatic carbocycles. The normalized spacial score (nSPS) is 11.4. The third-order valence-electron chi connectivity index (χ3n) is 5.46. The predicted octanol–water partition coefficient (Wildman–Crippen LogP) is 3.31. The molecular weight excluding hydrogens is 418 g/mol. The Morgan fingerprint density at radius 1 is 1.09 bits per heavy atom. The first-order valence-electron chi connectivity index (χ1n) is 11.0. The van der Waals surface area contributed by atoms with Crippen molar-refractivity contribution in [3.8, 4) is 17.1 Å². The Bertz CT molecular complexity index is 1440. The number of aromatic amines is 3. The Morgan fingerprint density at radius 3 is 2.88 bits per heavy atom. The van der Waals surface area contributed by atoms with Crippen molar-refractivity contribution in [3.05, 3.63) is 70.8 Å². The topological polar surface area (TPSA) is 124 Å². The number of hydrogen-bond donors (Lipinski definition) is 4. The van der Waals surface area contributed by atoms with Crippen LogP contribution >= 0.6 is 0 Å². The second-order valence-corrected chi connectivity index (χ2v) is 7.89. The van der Waals surface area contributed by atoms with Gasteiger partial charge in [-0.15, -0.1) is 0 Å². The fraction of sp³-hybridized carbons (Fsp3) is 0.250. The number of fused-ring (bicyclic) bond motifs is 2. The van der Waals surface area contributed by atoms with Crippen LogP contribution in [-0.2, 0) is 13.0 Å². The van der Waals surface area contributed by atoms with Gasteiger partial charge < -0.3 is 25.0 Å². The van der Waals surface area contributed by atoms with Gasteiger partial charge in [0.2, 0.25) is 0 Å². The molecule has 33 heavy (non-hydrogen) atoms. The first-order chi connectivity index (χ1) is 16.2. The molecule has 4 N–H and O–H groups in total.